The third kappa shape index (κ3) is 2.76. The summed E-state index contributed by atoms with van der Waals surface area (Å²) in [5, 5.41) is 8.95. The molecular weight excluding hydrogens is 189 g/mol. The van der Waals surface area contributed by atoms with Crippen molar-refractivity contribution in [2.24, 2.45) is 0 Å². The van der Waals surface area contributed by atoms with Crippen molar-refractivity contribution < 1.29 is 9.60 Å². The Balaban J connectivity index is 0.000000251. The van der Waals surface area contributed by atoms with Gasteiger partial charge in [0.1, 0.15) is 5.82 Å². The highest BCUT2D eigenvalue weighted by Gasteiger charge is 2.14. The summed E-state index contributed by atoms with van der Waals surface area (Å²) in [6.07, 6.45) is 4.47. The van der Waals surface area contributed by atoms with E-state index in [9.17, 15) is 4.39 Å². The molecule has 0 aromatic carbocycles. The van der Waals surface area contributed by atoms with E-state index < -0.39 is 0 Å². The van der Waals surface area contributed by atoms with Crippen molar-refractivity contribution in [1.29, 1.82) is 0 Å². The molecule has 1 aromatic rings. The summed E-state index contributed by atoms with van der Waals surface area (Å²) >= 11 is 1.58. The molecule has 2 rings (SSSR count). The zero-order chi connectivity index (χ0) is 9.68. The topological polar surface area (TPSA) is 32.3 Å². The molecule has 0 fully saturated rings. The van der Waals surface area contributed by atoms with E-state index in [-0.39, 0.29) is 5.82 Å². The van der Waals surface area contributed by atoms with Gasteiger partial charge in [0.05, 0.1) is 0 Å². The van der Waals surface area contributed by atoms with Crippen molar-refractivity contribution in [3.8, 4) is 0 Å². The van der Waals surface area contributed by atoms with Gasteiger partial charge >= 0.3 is 0 Å². The van der Waals surface area contributed by atoms with Crippen LogP contribution in [-0.4, -0.2) is 12.3 Å². The summed E-state index contributed by atoms with van der Waals surface area (Å²) in [7, 11) is 1.43. The Bertz CT molecular complexity index is 262. The highest BCUT2D eigenvalue weighted by atomic mass is 32.1. The van der Waals surface area contributed by atoms with Crippen LogP contribution < -0.4 is 5.48 Å². The number of rotatable bonds is 0. The van der Waals surface area contributed by atoms with E-state index in [0.717, 1.165) is 18.4 Å². The standard InChI is InChI=1S/C8H9FS.CH5NO/c9-7-5-10-8-4-2-1-3-6(7)8;1-2-3/h5H,1-4H2;2-3H,1H3. The lowest BCUT2D eigenvalue weighted by molar-refractivity contribution is 0.194. The highest BCUT2D eigenvalue weighted by Crippen LogP contribution is 2.28. The maximum absolute atomic E-state index is 12.8. The van der Waals surface area contributed by atoms with Crippen LogP contribution in [-0.2, 0) is 12.8 Å². The highest BCUT2D eigenvalue weighted by molar-refractivity contribution is 7.10. The molecule has 74 valence electrons. The van der Waals surface area contributed by atoms with Crippen LogP contribution in [0, 0.1) is 5.82 Å². The lowest BCUT2D eigenvalue weighted by Crippen LogP contribution is -1.99. The van der Waals surface area contributed by atoms with Crippen molar-refractivity contribution in [3.05, 3.63) is 21.6 Å². The largest absolute Gasteiger partial charge is 0.317 e. The molecule has 4 heteroatoms. The Labute approximate surface area is 81.4 Å². The van der Waals surface area contributed by atoms with Gasteiger partial charge in [0.15, 0.2) is 0 Å². The van der Waals surface area contributed by atoms with E-state index in [1.54, 1.807) is 22.2 Å². The maximum atomic E-state index is 12.8. The van der Waals surface area contributed by atoms with Gasteiger partial charge in [-0.15, -0.1) is 11.3 Å². The number of fused-ring (bicyclic) bond motifs is 1. The summed E-state index contributed by atoms with van der Waals surface area (Å²) in [5.41, 5.74) is 2.75. The fraction of sp³-hybridized carbons (Fsp3) is 0.556. The third-order valence-electron chi connectivity index (χ3n) is 2.01. The predicted octanol–water partition coefficient (Wildman–Crippen LogP) is 2.36. The summed E-state index contributed by atoms with van der Waals surface area (Å²) in [6, 6.07) is 0. The van der Waals surface area contributed by atoms with Gasteiger partial charge in [0.25, 0.3) is 0 Å². The van der Waals surface area contributed by atoms with Gasteiger partial charge in [-0.1, -0.05) is 0 Å². The van der Waals surface area contributed by atoms with Gasteiger partial charge in [-0.2, -0.15) is 0 Å². The van der Waals surface area contributed by atoms with Crippen LogP contribution in [0.2, 0.25) is 0 Å². The SMILES string of the molecule is CNO.Fc1csc2c1CCCC2. The number of hydrogen-bond acceptors (Lipinski definition) is 3. The van der Waals surface area contributed by atoms with Gasteiger partial charge in [-0.05, 0) is 25.7 Å². The molecule has 1 aromatic heterocycles. The van der Waals surface area contributed by atoms with Crippen molar-refractivity contribution in [2.75, 3.05) is 7.05 Å². The first kappa shape index (κ1) is 10.6. The van der Waals surface area contributed by atoms with E-state index >= 15 is 0 Å². The van der Waals surface area contributed by atoms with Crippen LogP contribution in [0.25, 0.3) is 0 Å². The quantitative estimate of drug-likeness (QED) is 0.634. The smallest absolute Gasteiger partial charge is 0.137 e. The molecule has 0 unspecified atom stereocenters. The minimum absolute atomic E-state index is 0.0275. The van der Waals surface area contributed by atoms with Crippen LogP contribution in [0.15, 0.2) is 5.38 Å². The molecular formula is C9H14FNOS. The first-order chi connectivity index (χ1) is 6.29. The Morgan fingerprint density at radius 1 is 1.46 bits per heavy atom. The molecule has 0 saturated carbocycles. The van der Waals surface area contributed by atoms with E-state index in [4.69, 9.17) is 5.21 Å². The zero-order valence-electron chi connectivity index (χ0n) is 7.64. The first-order valence-corrected chi connectivity index (χ1v) is 5.23. The number of aryl methyl sites for hydroxylation is 1. The van der Waals surface area contributed by atoms with Crippen LogP contribution in [0.4, 0.5) is 4.39 Å². The minimum Gasteiger partial charge on any atom is -0.317 e. The second-order valence-electron chi connectivity index (χ2n) is 2.92. The Morgan fingerprint density at radius 3 is 2.69 bits per heavy atom. The molecule has 0 atom stereocenters. The van der Waals surface area contributed by atoms with Crippen LogP contribution in [0.1, 0.15) is 23.3 Å². The molecule has 0 radical (unpaired) electrons. The van der Waals surface area contributed by atoms with Crippen LogP contribution >= 0.6 is 11.3 Å². The first-order valence-electron chi connectivity index (χ1n) is 4.35. The number of nitrogens with one attached hydrogen (secondary N) is 1. The van der Waals surface area contributed by atoms with Crippen molar-refractivity contribution in [3.63, 3.8) is 0 Å². The third-order valence-corrected chi connectivity index (χ3v) is 3.07. The molecule has 2 nitrogen and oxygen atoms in total. The molecule has 0 spiro atoms. The molecule has 0 saturated heterocycles. The van der Waals surface area contributed by atoms with Crippen LogP contribution in [0.5, 0.6) is 0 Å². The molecule has 0 amide bonds. The van der Waals surface area contributed by atoms with E-state index in [1.165, 1.54) is 24.8 Å². The van der Waals surface area contributed by atoms with E-state index in [0.29, 0.717) is 0 Å². The summed E-state index contributed by atoms with van der Waals surface area (Å²) < 4.78 is 12.8. The fourth-order valence-corrected chi connectivity index (χ4v) is 2.45. The van der Waals surface area contributed by atoms with E-state index in [1.807, 2.05) is 0 Å². The Hall–Kier alpha value is -0.450. The fourth-order valence-electron chi connectivity index (χ4n) is 1.45. The summed E-state index contributed by atoms with van der Waals surface area (Å²) in [5.74, 6) is 0.0275. The average Bonchev–Trinajstić information content (AvgIpc) is 2.50. The van der Waals surface area contributed by atoms with Crippen molar-refractivity contribution in [2.45, 2.75) is 25.7 Å². The van der Waals surface area contributed by atoms with Gasteiger partial charge < -0.3 is 5.21 Å². The zero-order valence-corrected chi connectivity index (χ0v) is 8.46. The van der Waals surface area contributed by atoms with Gasteiger partial charge in [0, 0.05) is 22.9 Å². The van der Waals surface area contributed by atoms with E-state index in [2.05, 4.69) is 0 Å². The lowest BCUT2D eigenvalue weighted by atomic mass is 9.99. The Morgan fingerprint density at radius 2 is 2.08 bits per heavy atom. The lowest BCUT2D eigenvalue weighted by Gasteiger charge is -2.09. The second-order valence-corrected chi connectivity index (χ2v) is 3.88. The number of thiophene rings is 1. The number of halogens is 1. The number of hydroxylamine groups is 1. The minimum atomic E-state index is 0.0275. The monoisotopic (exact) mass is 203 g/mol. The van der Waals surface area contributed by atoms with Crippen molar-refractivity contribution in [1.82, 2.24) is 5.48 Å². The predicted molar refractivity (Wildman–Crippen MR) is 51.8 cm³/mol. The Kier molecular flexibility index (Phi) is 4.35. The maximum Gasteiger partial charge on any atom is 0.137 e. The molecule has 1 aliphatic carbocycles. The molecule has 2 N–H and O–H groups in total. The molecule has 0 bridgehead atoms. The normalized spacial score (nSPS) is 14.4. The van der Waals surface area contributed by atoms with Gasteiger partial charge in [-0.3, -0.25) is 0 Å². The van der Waals surface area contributed by atoms with Crippen LogP contribution in [0.3, 0.4) is 0 Å². The molecule has 0 aliphatic heterocycles. The summed E-state index contributed by atoms with van der Waals surface area (Å²) in [4.78, 5) is 1.28. The average molecular weight is 203 g/mol. The molecule has 1 aliphatic rings. The summed E-state index contributed by atoms with van der Waals surface area (Å²) in [6.45, 7) is 0. The van der Waals surface area contributed by atoms with Crippen molar-refractivity contribution >= 4 is 11.3 Å². The second kappa shape index (κ2) is 5.32. The molecule has 13 heavy (non-hydrogen) atoms. The molecule has 1 heterocycles. The number of hydrogen-bond donors (Lipinski definition) is 2. The van der Waals surface area contributed by atoms with Gasteiger partial charge in [-0.25, -0.2) is 9.87 Å². The van der Waals surface area contributed by atoms with Gasteiger partial charge in [0.2, 0.25) is 0 Å².